The Balaban J connectivity index is 2.36. The Labute approximate surface area is 103 Å². The Morgan fingerprint density at radius 2 is 1.88 bits per heavy atom. The van der Waals surface area contributed by atoms with Crippen LogP contribution in [-0.4, -0.2) is 5.11 Å². The molecule has 0 bridgehead atoms. The monoisotopic (exact) mass is 234 g/mol. The van der Waals surface area contributed by atoms with Crippen LogP contribution in [-0.2, 0) is 0 Å². The van der Waals surface area contributed by atoms with Gasteiger partial charge in [0.2, 0.25) is 0 Å². The summed E-state index contributed by atoms with van der Waals surface area (Å²) >= 11 is 0. The molecule has 0 saturated carbocycles. The van der Waals surface area contributed by atoms with Crippen LogP contribution in [0.1, 0.15) is 50.7 Å². The molecule has 0 radical (unpaired) electrons. The number of hydrogen-bond donors (Lipinski definition) is 1. The van der Waals surface area contributed by atoms with E-state index < -0.39 is 6.10 Å². The maximum atomic E-state index is 12.7. The second kappa shape index (κ2) is 7.86. The van der Waals surface area contributed by atoms with Gasteiger partial charge in [0.15, 0.2) is 0 Å². The highest BCUT2D eigenvalue weighted by atomic mass is 19.1. The molecule has 1 aromatic carbocycles. The number of benzene rings is 1. The van der Waals surface area contributed by atoms with E-state index >= 15 is 0 Å². The van der Waals surface area contributed by atoms with Crippen molar-refractivity contribution in [2.24, 2.45) is 0 Å². The van der Waals surface area contributed by atoms with Gasteiger partial charge < -0.3 is 5.11 Å². The Morgan fingerprint density at radius 1 is 1.18 bits per heavy atom. The van der Waals surface area contributed by atoms with Gasteiger partial charge >= 0.3 is 0 Å². The van der Waals surface area contributed by atoms with E-state index in [1.54, 1.807) is 12.1 Å². The van der Waals surface area contributed by atoms with Crippen LogP contribution in [0.25, 0.3) is 0 Å². The second-order valence-corrected chi connectivity index (χ2v) is 4.09. The molecule has 17 heavy (non-hydrogen) atoms. The van der Waals surface area contributed by atoms with Crippen molar-refractivity contribution >= 4 is 0 Å². The summed E-state index contributed by atoms with van der Waals surface area (Å²) in [5, 5.41) is 9.72. The van der Waals surface area contributed by atoms with Crippen molar-refractivity contribution in [1.29, 1.82) is 0 Å². The number of halogens is 1. The van der Waals surface area contributed by atoms with Gasteiger partial charge in [0, 0.05) is 6.42 Å². The molecule has 1 atom stereocenters. The second-order valence-electron chi connectivity index (χ2n) is 4.09. The Bertz CT molecular complexity index is 372. The van der Waals surface area contributed by atoms with Crippen molar-refractivity contribution in [2.75, 3.05) is 0 Å². The molecule has 1 rings (SSSR count). The van der Waals surface area contributed by atoms with Gasteiger partial charge in [0.1, 0.15) is 11.9 Å². The first-order valence-electron chi connectivity index (χ1n) is 6.16. The van der Waals surface area contributed by atoms with Crippen molar-refractivity contribution in [1.82, 2.24) is 0 Å². The van der Waals surface area contributed by atoms with E-state index in [9.17, 15) is 9.50 Å². The molecule has 0 aliphatic heterocycles. The first-order chi connectivity index (χ1) is 8.24. The highest BCUT2D eigenvalue weighted by Crippen LogP contribution is 2.12. The zero-order valence-corrected chi connectivity index (χ0v) is 10.2. The fourth-order valence-electron chi connectivity index (χ4n) is 1.54. The average Bonchev–Trinajstić information content (AvgIpc) is 2.34. The normalized spacial score (nSPS) is 11.7. The SMILES string of the molecule is CCCCCCC#C[C@H](O)c1ccc(F)cc1. The number of rotatable bonds is 5. The molecule has 1 N–H and O–H groups in total. The van der Waals surface area contributed by atoms with Crippen molar-refractivity contribution in [3.05, 3.63) is 35.6 Å². The zero-order valence-electron chi connectivity index (χ0n) is 10.2. The quantitative estimate of drug-likeness (QED) is 0.606. The van der Waals surface area contributed by atoms with Crippen LogP contribution in [0.2, 0.25) is 0 Å². The van der Waals surface area contributed by atoms with E-state index in [2.05, 4.69) is 18.8 Å². The summed E-state index contributed by atoms with van der Waals surface area (Å²) < 4.78 is 12.7. The third-order valence-electron chi connectivity index (χ3n) is 2.58. The molecule has 0 amide bonds. The molecule has 2 heteroatoms. The van der Waals surface area contributed by atoms with Gasteiger partial charge in [-0.2, -0.15) is 0 Å². The summed E-state index contributed by atoms with van der Waals surface area (Å²) in [7, 11) is 0. The summed E-state index contributed by atoms with van der Waals surface area (Å²) in [4.78, 5) is 0. The Morgan fingerprint density at radius 3 is 2.53 bits per heavy atom. The molecule has 0 aromatic heterocycles. The van der Waals surface area contributed by atoms with Gasteiger partial charge in [-0.15, -0.1) is 5.92 Å². The van der Waals surface area contributed by atoms with Crippen LogP contribution in [0, 0.1) is 17.7 Å². The highest BCUT2D eigenvalue weighted by molar-refractivity contribution is 5.25. The summed E-state index contributed by atoms with van der Waals surface area (Å²) in [5.41, 5.74) is 0.646. The third-order valence-corrected chi connectivity index (χ3v) is 2.58. The molecule has 0 unspecified atom stereocenters. The molecule has 0 fully saturated rings. The molecule has 1 nitrogen and oxygen atoms in total. The fraction of sp³-hybridized carbons (Fsp3) is 0.467. The average molecular weight is 234 g/mol. The minimum absolute atomic E-state index is 0.298. The van der Waals surface area contributed by atoms with Gasteiger partial charge in [0.25, 0.3) is 0 Å². The molecule has 0 spiro atoms. The zero-order chi connectivity index (χ0) is 12.5. The fourth-order valence-corrected chi connectivity index (χ4v) is 1.54. The molecule has 0 aliphatic rings. The molecule has 0 aliphatic carbocycles. The van der Waals surface area contributed by atoms with Gasteiger partial charge in [-0.3, -0.25) is 0 Å². The summed E-state index contributed by atoms with van der Waals surface area (Å²) in [5.74, 6) is 5.44. The molecule has 92 valence electrons. The predicted octanol–water partition coefficient (Wildman–Crippen LogP) is 3.83. The lowest BCUT2D eigenvalue weighted by Gasteiger charge is -2.02. The minimum Gasteiger partial charge on any atom is -0.376 e. The first-order valence-corrected chi connectivity index (χ1v) is 6.16. The third kappa shape index (κ3) is 5.51. The van der Waals surface area contributed by atoms with E-state index in [1.165, 1.54) is 31.4 Å². The largest absolute Gasteiger partial charge is 0.376 e. The standard InChI is InChI=1S/C15H19FO/c1-2-3-4-5-6-7-8-15(17)13-9-11-14(16)12-10-13/h9-12,15,17H,2-6H2,1H3/t15-/m0/s1. The van der Waals surface area contributed by atoms with Crippen molar-refractivity contribution < 1.29 is 9.50 Å². The van der Waals surface area contributed by atoms with Gasteiger partial charge in [-0.05, 0) is 24.1 Å². The van der Waals surface area contributed by atoms with E-state index in [-0.39, 0.29) is 5.82 Å². The molecule has 0 heterocycles. The molecule has 0 saturated heterocycles. The number of unbranched alkanes of at least 4 members (excludes halogenated alkanes) is 4. The van der Waals surface area contributed by atoms with Gasteiger partial charge in [0.05, 0.1) is 0 Å². The van der Waals surface area contributed by atoms with Gasteiger partial charge in [-0.25, -0.2) is 4.39 Å². The maximum absolute atomic E-state index is 12.7. The van der Waals surface area contributed by atoms with Crippen LogP contribution in [0.4, 0.5) is 4.39 Å². The number of aliphatic hydroxyl groups excluding tert-OH is 1. The Kier molecular flexibility index (Phi) is 6.35. The number of aliphatic hydroxyl groups is 1. The number of hydrogen-bond acceptors (Lipinski definition) is 1. The van der Waals surface area contributed by atoms with E-state index in [4.69, 9.17) is 0 Å². The minimum atomic E-state index is -0.804. The molecular weight excluding hydrogens is 215 g/mol. The summed E-state index contributed by atoms with van der Waals surface area (Å²) in [6, 6.07) is 5.79. The summed E-state index contributed by atoms with van der Waals surface area (Å²) in [6.45, 7) is 2.17. The van der Waals surface area contributed by atoms with Crippen LogP contribution in [0.5, 0.6) is 0 Å². The van der Waals surface area contributed by atoms with Crippen LogP contribution in [0.15, 0.2) is 24.3 Å². The van der Waals surface area contributed by atoms with E-state index in [0.29, 0.717) is 5.56 Å². The molecular formula is C15H19FO. The van der Waals surface area contributed by atoms with Crippen LogP contribution >= 0.6 is 0 Å². The van der Waals surface area contributed by atoms with E-state index in [1.807, 2.05) is 0 Å². The van der Waals surface area contributed by atoms with Gasteiger partial charge in [-0.1, -0.05) is 44.2 Å². The van der Waals surface area contributed by atoms with Crippen molar-refractivity contribution in [2.45, 2.75) is 45.1 Å². The maximum Gasteiger partial charge on any atom is 0.140 e. The van der Waals surface area contributed by atoms with Crippen molar-refractivity contribution in [3.63, 3.8) is 0 Å². The lowest BCUT2D eigenvalue weighted by Crippen LogP contribution is -1.93. The lowest BCUT2D eigenvalue weighted by atomic mass is 10.1. The first kappa shape index (κ1) is 13.7. The van der Waals surface area contributed by atoms with Crippen LogP contribution < -0.4 is 0 Å². The van der Waals surface area contributed by atoms with E-state index in [0.717, 1.165) is 12.8 Å². The van der Waals surface area contributed by atoms with Crippen molar-refractivity contribution in [3.8, 4) is 11.8 Å². The predicted molar refractivity (Wildman–Crippen MR) is 67.9 cm³/mol. The lowest BCUT2D eigenvalue weighted by molar-refractivity contribution is 0.238. The smallest absolute Gasteiger partial charge is 0.140 e. The molecule has 1 aromatic rings. The topological polar surface area (TPSA) is 20.2 Å². The van der Waals surface area contributed by atoms with Crippen LogP contribution in [0.3, 0.4) is 0 Å². The Hall–Kier alpha value is -1.33. The highest BCUT2D eigenvalue weighted by Gasteiger charge is 2.02. The summed E-state index contributed by atoms with van der Waals surface area (Å²) in [6.07, 6.45) is 4.74.